The van der Waals surface area contributed by atoms with Gasteiger partial charge in [-0.1, -0.05) is 6.07 Å². The van der Waals surface area contributed by atoms with E-state index in [9.17, 15) is 4.79 Å². The highest BCUT2D eigenvalue weighted by atomic mass is 127. The fourth-order valence-corrected chi connectivity index (χ4v) is 3.76. The monoisotopic (exact) mass is 532 g/mol. The number of guanidine groups is 1. The van der Waals surface area contributed by atoms with Gasteiger partial charge >= 0.3 is 6.09 Å². The second kappa shape index (κ2) is 12.7. The number of piperazine rings is 1. The minimum absolute atomic E-state index is 0. The first kappa shape index (κ1) is 23.5. The van der Waals surface area contributed by atoms with Gasteiger partial charge in [0.1, 0.15) is 5.76 Å². The van der Waals surface area contributed by atoms with Crippen molar-refractivity contribution in [1.82, 2.24) is 15.1 Å². The number of furan rings is 1. The Bertz CT molecular complexity index is 729. The zero-order valence-electron chi connectivity index (χ0n) is 16.7. The standard InChI is InChI=1S/C20H28N4O3S.HI/c1-2-26-20(25)24-13-11-23(12-14-24)19(21-9-7-17-5-3-15-27-17)22-10-8-18-6-4-16-28-18;/h3-6,15-16H,2,7-14H2,1H3,(H,21,22);1H. The Hall–Kier alpha value is -1.75. The molecule has 0 aliphatic carbocycles. The lowest BCUT2D eigenvalue weighted by Crippen LogP contribution is -2.54. The smallest absolute Gasteiger partial charge is 0.409 e. The number of rotatable bonds is 7. The van der Waals surface area contributed by atoms with Crippen molar-refractivity contribution >= 4 is 47.4 Å². The predicted molar refractivity (Wildman–Crippen MR) is 126 cm³/mol. The number of nitrogens with zero attached hydrogens (tertiary/aromatic N) is 3. The molecule has 3 rings (SSSR count). The molecular weight excluding hydrogens is 503 g/mol. The van der Waals surface area contributed by atoms with E-state index >= 15 is 0 Å². The van der Waals surface area contributed by atoms with Crippen LogP contribution in [0.3, 0.4) is 0 Å². The lowest BCUT2D eigenvalue weighted by atomic mass is 10.3. The quantitative estimate of drug-likeness (QED) is 0.336. The molecule has 3 heterocycles. The van der Waals surface area contributed by atoms with Gasteiger partial charge in [0.25, 0.3) is 0 Å². The van der Waals surface area contributed by atoms with E-state index in [0.717, 1.165) is 50.7 Å². The zero-order chi connectivity index (χ0) is 19.6. The predicted octanol–water partition coefficient (Wildman–Crippen LogP) is 3.46. The molecule has 0 spiro atoms. The van der Waals surface area contributed by atoms with Crippen LogP contribution in [0.1, 0.15) is 17.6 Å². The van der Waals surface area contributed by atoms with Gasteiger partial charge in [-0.2, -0.15) is 0 Å². The second-order valence-electron chi connectivity index (χ2n) is 6.46. The van der Waals surface area contributed by atoms with Crippen molar-refractivity contribution in [2.75, 3.05) is 45.9 Å². The maximum Gasteiger partial charge on any atom is 0.409 e. The van der Waals surface area contributed by atoms with Crippen molar-refractivity contribution in [3.05, 3.63) is 46.5 Å². The van der Waals surface area contributed by atoms with E-state index in [0.29, 0.717) is 19.7 Å². The molecule has 29 heavy (non-hydrogen) atoms. The van der Waals surface area contributed by atoms with Gasteiger partial charge in [0.05, 0.1) is 12.9 Å². The highest BCUT2D eigenvalue weighted by molar-refractivity contribution is 14.0. The molecule has 0 saturated carbocycles. The van der Waals surface area contributed by atoms with E-state index in [4.69, 9.17) is 14.1 Å². The number of hydrogen-bond donors (Lipinski definition) is 1. The van der Waals surface area contributed by atoms with Crippen LogP contribution in [-0.2, 0) is 17.6 Å². The van der Waals surface area contributed by atoms with Crippen LogP contribution in [0.2, 0.25) is 0 Å². The fourth-order valence-electron chi connectivity index (χ4n) is 3.06. The molecule has 1 aliphatic heterocycles. The van der Waals surface area contributed by atoms with Crippen LogP contribution in [0, 0.1) is 0 Å². The summed E-state index contributed by atoms with van der Waals surface area (Å²) in [7, 11) is 0. The number of carbonyl (C=O) groups is 1. The molecule has 2 aromatic heterocycles. The van der Waals surface area contributed by atoms with Crippen LogP contribution in [0.25, 0.3) is 0 Å². The maximum atomic E-state index is 11.9. The Morgan fingerprint density at radius 3 is 2.66 bits per heavy atom. The Kier molecular flexibility index (Phi) is 10.3. The molecule has 7 nitrogen and oxygen atoms in total. The van der Waals surface area contributed by atoms with Gasteiger partial charge in [0.15, 0.2) is 5.96 Å². The molecule has 2 aromatic rings. The van der Waals surface area contributed by atoms with Crippen LogP contribution in [0.4, 0.5) is 4.79 Å². The Morgan fingerprint density at radius 2 is 2.00 bits per heavy atom. The normalized spacial score (nSPS) is 14.4. The van der Waals surface area contributed by atoms with Crippen LogP contribution in [0.5, 0.6) is 0 Å². The van der Waals surface area contributed by atoms with Crippen LogP contribution in [0.15, 0.2) is 45.3 Å². The average Bonchev–Trinajstić information content (AvgIpc) is 3.41. The Balaban J connectivity index is 0.00000300. The SMILES string of the molecule is CCOC(=O)N1CCN(C(=NCCc2cccs2)NCCc2ccco2)CC1.I. The molecule has 0 radical (unpaired) electrons. The van der Waals surface area contributed by atoms with E-state index in [1.807, 2.05) is 19.1 Å². The van der Waals surface area contributed by atoms with E-state index in [-0.39, 0.29) is 30.1 Å². The number of thiophene rings is 1. The first-order chi connectivity index (χ1) is 13.8. The first-order valence-corrected chi connectivity index (χ1v) is 10.6. The van der Waals surface area contributed by atoms with Gasteiger partial charge in [-0.3, -0.25) is 4.99 Å². The molecule has 160 valence electrons. The molecule has 1 amide bonds. The number of ether oxygens (including phenoxy) is 1. The van der Waals surface area contributed by atoms with Crippen molar-refractivity contribution in [3.8, 4) is 0 Å². The van der Waals surface area contributed by atoms with Crippen molar-refractivity contribution in [2.24, 2.45) is 4.99 Å². The summed E-state index contributed by atoms with van der Waals surface area (Å²) in [5.41, 5.74) is 0. The molecule has 1 aliphatic rings. The number of hydrogen-bond acceptors (Lipinski definition) is 5. The third-order valence-electron chi connectivity index (χ3n) is 4.54. The molecule has 0 aromatic carbocycles. The van der Waals surface area contributed by atoms with Crippen molar-refractivity contribution in [2.45, 2.75) is 19.8 Å². The molecule has 1 fully saturated rings. The summed E-state index contributed by atoms with van der Waals surface area (Å²) in [5.74, 6) is 1.85. The first-order valence-electron chi connectivity index (χ1n) is 9.76. The summed E-state index contributed by atoms with van der Waals surface area (Å²) in [6, 6.07) is 8.09. The van der Waals surface area contributed by atoms with E-state index in [1.54, 1.807) is 22.5 Å². The third-order valence-corrected chi connectivity index (χ3v) is 5.48. The number of halogens is 1. The highest BCUT2D eigenvalue weighted by Crippen LogP contribution is 2.10. The summed E-state index contributed by atoms with van der Waals surface area (Å²) in [4.78, 5) is 22.0. The molecule has 1 saturated heterocycles. The van der Waals surface area contributed by atoms with Gasteiger partial charge in [-0.25, -0.2) is 4.79 Å². The lowest BCUT2D eigenvalue weighted by molar-refractivity contribution is 0.0914. The molecular formula is C20H29IN4O3S. The van der Waals surface area contributed by atoms with Gasteiger partial charge < -0.3 is 24.3 Å². The minimum Gasteiger partial charge on any atom is -0.469 e. The topological polar surface area (TPSA) is 70.3 Å². The van der Waals surface area contributed by atoms with E-state index in [2.05, 4.69) is 27.7 Å². The van der Waals surface area contributed by atoms with Gasteiger partial charge in [-0.05, 0) is 30.5 Å². The Labute approximate surface area is 193 Å². The largest absolute Gasteiger partial charge is 0.469 e. The van der Waals surface area contributed by atoms with E-state index in [1.165, 1.54) is 4.88 Å². The molecule has 1 N–H and O–H groups in total. The molecule has 0 unspecified atom stereocenters. The van der Waals surface area contributed by atoms with Crippen molar-refractivity contribution in [1.29, 1.82) is 0 Å². The number of carbonyl (C=O) groups excluding carboxylic acids is 1. The number of nitrogens with one attached hydrogen (secondary N) is 1. The van der Waals surface area contributed by atoms with Crippen molar-refractivity contribution in [3.63, 3.8) is 0 Å². The summed E-state index contributed by atoms with van der Waals surface area (Å²) >= 11 is 1.76. The molecule has 0 bridgehead atoms. The van der Waals surface area contributed by atoms with Gasteiger partial charge in [-0.15, -0.1) is 35.3 Å². The minimum atomic E-state index is -0.232. The highest BCUT2D eigenvalue weighted by Gasteiger charge is 2.23. The molecule has 0 atom stereocenters. The van der Waals surface area contributed by atoms with Crippen LogP contribution < -0.4 is 5.32 Å². The van der Waals surface area contributed by atoms with Crippen LogP contribution >= 0.6 is 35.3 Å². The van der Waals surface area contributed by atoms with Gasteiger partial charge in [0.2, 0.25) is 0 Å². The van der Waals surface area contributed by atoms with Crippen LogP contribution in [-0.4, -0.2) is 67.7 Å². The average molecular weight is 532 g/mol. The maximum absolute atomic E-state index is 11.9. The lowest BCUT2D eigenvalue weighted by Gasteiger charge is -2.36. The fraction of sp³-hybridized carbons (Fsp3) is 0.500. The van der Waals surface area contributed by atoms with Crippen molar-refractivity contribution < 1.29 is 13.9 Å². The number of amides is 1. The Morgan fingerprint density at radius 1 is 1.21 bits per heavy atom. The second-order valence-corrected chi connectivity index (χ2v) is 7.50. The summed E-state index contributed by atoms with van der Waals surface area (Å²) in [5, 5.41) is 5.56. The third kappa shape index (κ3) is 7.54. The summed E-state index contributed by atoms with van der Waals surface area (Å²) < 4.78 is 10.5. The number of aliphatic imine (C=N–C) groups is 1. The molecule has 9 heteroatoms. The van der Waals surface area contributed by atoms with E-state index < -0.39 is 0 Å². The van der Waals surface area contributed by atoms with Gasteiger partial charge in [0, 0.05) is 57.0 Å². The zero-order valence-corrected chi connectivity index (χ0v) is 19.9. The summed E-state index contributed by atoms with van der Waals surface area (Å²) in [6.07, 6.45) is 3.20. The summed E-state index contributed by atoms with van der Waals surface area (Å²) in [6.45, 7) is 6.49.